The zero-order valence-electron chi connectivity index (χ0n) is 64.3. The molecule has 0 bridgehead atoms. The van der Waals surface area contributed by atoms with Crippen LogP contribution in [0.3, 0.4) is 0 Å². The first-order valence-corrected chi connectivity index (χ1v) is 30.2. The van der Waals surface area contributed by atoms with Gasteiger partial charge in [-0.15, -0.1) is 180 Å². The molecule has 10 nitrogen and oxygen atoms in total. The molecule has 13 heteroatoms. The molecule has 0 spiro atoms. The van der Waals surface area contributed by atoms with Crippen molar-refractivity contribution >= 4 is 44.1 Å². The zero-order chi connectivity index (χ0) is 75.7. The maximum atomic E-state index is 7.47. The number of fused-ring (bicyclic) bond motifs is 6. The number of rotatable bonds is 7. The molecule has 0 aliphatic rings. The van der Waals surface area contributed by atoms with Gasteiger partial charge in [0.25, 0.3) is 0 Å². The van der Waals surface area contributed by atoms with E-state index in [9.17, 15) is 0 Å². The van der Waals surface area contributed by atoms with Crippen LogP contribution < -0.4 is 0 Å². The van der Waals surface area contributed by atoms with Crippen LogP contribution >= 0.6 is 0 Å². The Labute approximate surface area is 634 Å². The van der Waals surface area contributed by atoms with Gasteiger partial charge in [0, 0.05) is 137 Å². The molecule has 10 aromatic heterocycles. The maximum absolute atomic E-state index is 7.47. The summed E-state index contributed by atoms with van der Waals surface area (Å²) in [6, 6.07) is 99.3. The second kappa shape index (κ2) is 36.6. The molecular formula is C86H62Ir3N8O2-6. The molecule has 0 saturated carbocycles. The predicted octanol–water partition coefficient (Wildman–Crippen LogP) is 20.8. The van der Waals surface area contributed by atoms with Gasteiger partial charge in [-0.25, -0.2) is 9.97 Å². The number of aromatic nitrogens is 8. The molecular weight excluding hydrogens is 1750 g/mol. The zero-order valence-corrected chi connectivity index (χ0v) is 59.4. The number of hydrogen-bond donors (Lipinski definition) is 0. The van der Waals surface area contributed by atoms with Gasteiger partial charge in [-0.2, -0.15) is 0 Å². The van der Waals surface area contributed by atoms with E-state index in [1.54, 1.807) is 85.3 Å². The van der Waals surface area contributed by atoms with Crippen LogP contribution in [0.4, 0.5) is 0 Å². The number of aryl methyl sites for hydroxylation is 4. The molecule has 0 N–H and O–H groups in total. The molecule has 0 aliphatic heterocycles. The van der Waals surface area contributed by atoms with Gasteiger partial charge in [-0.05, 0) is 126 Å². The van der Waals surface area contributed by atoms with Crippen molar-refractivity contribution in [2.45, 2.75) is 27.4 Å². The summed E-state index contributed by atoms with van der Waals surface area (Å²) in [5.41, 5.74) is 15.4. The van der Waals surface area contributed by atoms with Gasteiger partial charge < -0.3 is 38.7 Å². The van der Waals surface area contributed by atoms with E-state index in [1.165, 1.54) is 30.2 Å². The van der Waals surface area contributed by atoms with Gasteiger partial charge in [0.05, 0.1) is 11.2 Å². The van der Waals surface area contributed by atoms with Crippen molar-refractivity contribution in [3.63, 3.8) is 0 Å². The quantitative estimate of drug-likeness (QED) is 0.142. The smallest absolute Gasteiger partial charge is 0.216 e. The minimum absolute atomic E-state index is 0. The summed E-state index contributed by atoms with van der Waals surface area (Å²) in [4.78, 5) is 34.0. The first-order valence-electron chi connectivity index (χ1n) is 36.2. The fraction of sp³-hybridized carbons (Fsp3) is 0.0465. The van der Waals surface area contributed by atoms with Crippen LogP contribution in [0.5, 0.6) is 0 Å². The Morgan fingerprint density at radius 1 is 0.283 bits per heavy atom. The molecule has 0 atom stereocenters. The Balaban J connectivity index is 0.000000153. The van der Waals surface area contributed by atoms with E-state index in [4.69, 9.17) is 25.3 Å². The van der Waals surface area contributed by atoms with Crippen molar-refractivity contribution in [3.05, 3.63) is 363 Å². The third-order valence-electron chi connectivity index (χ3n) is 14.5. The minimum Gasteiger partial charge on any atom is -0.486 e. The van der Waals surface area contributed by atoms with Gasteiger partial charge in [0.2, 0.25) is 11.4 Å². The summed E-state index contributed by atoms with van der Waals surface area (Å²) >= 11 is 0. The Bertz CT molecular complexity index is 5430. The van der Waals surface area contributed by atoms with E-state index < -0.39 is 27.4 Å². The van der Waals surface area contributed by atoms with Gasteiger partial charge in [0.1, 0.15) is 0 Å². The van der Waals surface area contributed by atoms with E-state index in [0.717, 1.165) is 100 Å². The Kier molecular flexibility index (Phi) is 21.2. The van der Waals surface area contributed by atoms with Crippen LogP contribution in [0.15, 0.2) is 313 Å². The van der Waals surface area contributed by atoms with Gasteiger partial charge in [0.15, 0.2) is 0 Å². The largest absolute Gasteiger partial charge is 0.486 e. The number of benzene rings is 7. The average molecular weight is 1830 g/mol. The maximum Gasteiger partial charge on any atom is 0.216 e. The molecule has 0 unspecified atom stereocenters. The summed E-state index contributed by atoms with van der Waals surface area (Å²) in [7, 11) is 0. The van der Waals surface area contributed by atoms with E-state index in [-0.39, 0.29) is 82.7 Å². The van der Waals surface area contributed by atoms with Crippen LogP contribution in [0.2, 0.25) is 0 Å². The third-order valence-corrected chi connectivity index (χ3v) is 14.5. The molecule has 10 heterocycles. The van der Waals surface area contributed by atoms with Gasteiger partial charge in [-0.1, -0.05) is 125 Å². The topological polar surface area (TPSA) is 129 Å². The second-order valence-electron chi connectivity index (χ2n) is 20.9. The van der Waals surface area contributed by atoms with Crippen LogP contribution in [-0.4, -0.2) is 39.9 Å². The summed E-state index contributed by atoms with van der Waals surface area (Å²) < 4.78 is 99.2. The van der Waals surface area contributed by atoms with E-state index in [1.807, 2.05) is 176 Å². The van der Waals surface area contributed by atoms with E-state index in [0.29, 0.717) is 17.0 Å². The third kappa shape index (κ3) is 19.3. The molecule has 0 saturated heterocycles. The average Bonchev–Trinajstić information content (AvgIpc) is 1.62. The molecule has 17 aromatic rings. The Morgan fingerprint density at radius 3 is 1.10 bits per heavy atom. The monoisotopic (exact) mass is 1830 g/mol. The standard InChI is InChI=1S/C17H11N2O.C17H12N.C16H9N2O.3C12H10N.3Ir/c1-11-8-9-13-12-5-4-6-14(15-7-2-3-10-18-15)16(12)20-17(13)19-11;1-3-7-14(8-4-1)16-11-12-17(18-13-16)15-9-5-2-6-10-15;1-2-9-17-14(8-1)13-6-3-5-11-12-7-4-10-18-16(12)19-15(11)13;3*1-10-7-8-12(13-9-10)11-5-3-2-4-6-11;;;/h2-5,7-10H,1H3;1-9,11-13H;1-5,7-10H;3*2-5,7-9H,1H3;;;/q6*-1;;;/i1D3;;;3*1D3;;;. The summed E-state index contributed by atoms with van der Waals surface area (Å²) in [5, 5.41) is 3.70. The number of pyridine rings is 8. The van der Waals surface area contributed by atoms with Crippen LogP contribution in [0, 0.1) is 63.8 Å². The number of nitrogens with zero attached hydrogens (tertiary/aromatic N) is 8. The summed E-state index contributed by atoms with van der Waals surface area (Å²) in [6.45, 7) is -8.53. The Hall–Kier alpha value is -10.7. The molecule has 0 fully saturated rings. The van der Waals surface area contributed by atoms with Crippen molar-refractivity contribution in [2.24, 2.45) is 0 Å². The molecule has 17 rings (SSSR count). The first-order chi connectivity index (χ1) is 52.1. The molecule has 7 aromatic carbocycles. The van der Waals surface area contributed by atoms with Crippen molar-refractivity contribution in [3.8, 4) is 78.7 Å². The van der Waals surface area contributed by atoms with Crippen molar-refractivity contribution in [2.75, 3.05) is 0 Å². The van der Waals surface area contributed by atoms with Gasteiger partial charge in [-0.3, -0.25) is 0 Å². The molecule has 0 aliphatic carbocycles. The normalized spacial score (nSPS) is 12.5. The fourth-order valence-corrected chi connectivity index (χ4v) is 9.82. The number of hydrogen-bond acceptors (Lipinski definition) is 10. The molecule has 3 radical (unpaired) electrons. The fourth-order valence-electron chi connectivity index (χ4n) is 9.82. The first kappa shape index (κ1) is 57.4. The molecule has 491 valence electrons. The second-order valence-corrected chi connectivity index (χ2v) is 20.9. The van der Waals surface area contributed by atoms with Crippen LogP contribution in [0.25, 0.3) is 123 Å². The minimum atomic E-state index is -2.26. The molecule has 99 heavy (non-hydrogen) atoms. The molecule has 0 amide bonds. The van der Waals surface area contributed by atoms with Crippen LogP contribution in [-0.2, 0) is 60.3 Å². The Morgan fingerprint density at radius 2 is 0.707 bits per heavy atom. The SMILES string of the molecule is [2H]C([2H])([2H])c1ccc(-c2[c-]cccc2)nc1.[2H]C([2H])([2H])c1ccc(-c2[c-]cccc2)nc1.[2H]C([2H])([2H])c1ccc(-c2[c-]cccc2)nc1.[2H]C([2H])([2H])c1ccc2c(n1)oc1c(-c3ccccn3)[c-]ccc12.[Ir].[Ir].[Ir].[c-]1ccc2c(oc3ncccc32)c1-c1ccccn1.[c-]1ccccc1-c1ccc(-c2ccccc2)cn1. The predicted molar refractivity (Wildman–Crippen MR) is 386 cm³/mol. The van der Waals surface area contributed by atoms with Crippen molar-refractivity contribution < 1.29 is 85.6 Å². The van der Waals surface area contributed by atoms with E-state index in [2.05, 4.69) is 94.5 Å². The van der Waals surface area contributed by atoms with Crippen molar-refractivity contribution in [1.29, 1.82) is 0 Å². The van der Waals surface area contributed by atoms with Gasteiger partial charge >= 0.3 is 0 Å². The number of furan rings is 2. The van der Waals surface area contributed by atoms with E-state index >= 15 is 0 Å². The summed E-state index contributed by atoms with van der Waals surface area (Å²) in [5.74, 6) is 0. The summed E-state index contributed by atoms with van der Waals surface area (Å²) in [6.07, 6.45) is 11.3. The van der Waals surface area contributed by atoms with Crippen molar-refractivity contribution in [1.82, 2.24) is 39.9 Å². The van der Waals surface area contributed by atoms with Crippen LogP contribution in [0.1, 0.15) is 38.8 Å².